The summed E-state index contributed by atoms with van der Waals surface area (Å²) in [5.41, 5.74) is 3.31. The van der Waals surface area contributed by atoms with E-state index in [0.717, 1.165) is 30.5 Å². The first-order valence-electron chi connectivity index (χ1n) is 5.91. The van der Waals surface area contributed by atoms with Gasteiger partial charge < -0.3 is 4.55 Å². The number of hydrogen-bond acceptors (Lipinski definition) is 3. The number of rotatable bonds is 1. The molecular formula is C13H18N2OS. The Kier molecular flexibility index (Phi) is 3.54. The van der Waals surface area contributed by atoms with Crippen molar-refractivity contribution in [1.29, 1.82) is 0 Å². The molecule has 1 heterocycles. The fraction of sp³-hybridized carbons (Fsp3) is 0.538. The summed E-state index contributed by atoms with van der Waals surface area (Å²) < 4.78 is 16.1. The summed E-state index contributed by atoms with van der Waals surface area (Å²) in [5, 5.41) is 0. The average molecular weight is 250 g/mol. The van der Waals surface area contributed by atoms with Gasteiger partial charge in [0.1, 0.15) is 21.8 Å². The van der Waals surface area contributed by atoms with Crippen molar-refractivity contribution in [2.24, 2.45) is 4.40 Å². The van der Waals surface area contributed by atoms with E-state index >= 15 is 0 Å². The topological polar surface area (TPSA) is 48.3 Å². The lowest BCUT2D eigenvalue weighted by Crippen LogP contribution is -2.27. The van der Waals surface area contributed by atoms with Crippen LogP contribution < -0.4 is 0 Å². The number of hydrogen-bond donors (Lipinski definition) is 0. The largest absolute Gasteiger partial charge is 0.591 e. The molecular weight excluding hydrogens is 232 g/mol. The highest BCUT2D eigenvalue weighted by molar-refractivity contribution is 7.91. The summed E-state index contributed by atoms with van der Waals surface area (Å²) in [4.78, 5) is 4.14. The van der Waals surface area contributed by atoms with Crippen LogP contribution >= 0.6 is 0 Å². The molecule has 4 heteroatoms. The normalized spacial score (nSPS) is 20.1. The Balaban J connectivity index is 2.33. The molecule has 0 bridgehead atoms. The minimum Gasteiger partial charge on any atom is -0.591 e. The summed E-state index contributed by atoms with van der Waals surface area (Å²) in [6.07, 6.45) is 6.70. The zero-order chi connectivity index (χ0) is 12.5. The average Bonchev–Trinajstić information content (AvgIpc) is 2.28. The molecule has 0 radical (unpaired) electrons. The summed E-state index contributed by atoms with van der Waals surface area (Å²) in [5.74, 6) is 0. The summed E-state index contributed by atoms with van der Waals surface area (Å²) in [6, 6.07) is 2.03. The van der Waals surface area contributed by atoms with Crippen molar-refractivity contribution in [2.45, 2.75) is 44.8 Å². The number of pyridine rings is 1. The molecule has 1 aliphatic carbocycles. The Bertz CT molecular complexity index is 437. The van der Waals surface area contributed by atoms with Crippen LogP contribution in [0.3, 0.4) is 0 Å². The van der Waals surface area contributed by atoms with Crippen molar-refractivity contribution < 1.29 is 4.55 Å². The van der Waals surface area contributed by atoms with Crippen LogP contribution in [0.25, 0.3) is 0 Å². The van der Waals surface area contributed by atoms with Crippen molar-refractivity contribution in [2.75, 3.05) is 0 Å². The Morgan fingerprint density at radius 3 is 2.82 bits per heavy atom. The summed E-state index contributed by atoms with van der Waals surface area (Å²) in [7, 11) is 0. The first-order chi connectivity index (χ1) is 7.98. The third-order valence-corrected chi connectivity index (χ3v) is 4.23. The molecule has 0 saturated carbocycles. The molecule has 0 fully saturated rings. The standard InChI is InChI=1S/C13H18N2OS/c1-13(2,3)17(16)15-12-6-4-5-10-7-8-14-9-11(10)12/h7-9H,4-6H2,1-3H3/b15-12+/t17-/m1/s1. The molecule has 1 aliphatic rings. The van der Waals surface area contributed by atoms with Crippen LogP contribution in [0.1, 0.15) is 44.7 Å². The third-order valence-electron chi connectivity index (χ3n) is 2.80. The molecule has 0 saturated heterocycles. The smallest absolute Gasteiger partial charge is 0.144 e. The van der Waals surface area contributed by atoms with Crippen LogP contribution in [-0.2, 0) is 17.8 Å². The van der Waals surface area contributed by atoms with Gasteiger partial charge in [0.2, 0.25) is 0 Å². The quantitative estimate of drug-likeness (QED) is 0.719. The third kappa shape index (κ3) is 2.87. The molecule has 0 unspecified atom stereocenters. The molecule has 1 aromatic heterocycles. The van der Waals surface area contributed by atoms with Crippen LogP contribution in [0.5, 0.6) is 0 Å². The van der Waals surface area contributed by atoms with E-state index in [1.165, 1.54) is 5.56 Å². The Labute approximate surface area is 106 Å². The Morgan fingerprint density at radius 2 is 2.12 bits per heavy atom. The first-order valence-corrected chi connectivity index (χ1v) is 7.02. The zero-order valence-corrected chi connectivity index (χ0v) is 11.4. The minimum absolute atomic E-state index is 0.299. The van der Waals surface area contributed by atoms with E-state index in [4.69, 9.17) is 0 Å². The number of nitrogens with zero attached hydrogens (tertiary/aromatic N) is 2. The van der Waals surface area contributed by atoms with Gasteiger partial charge in [0.25, 0.3) is 0 Å². The van der Waals surface area contributed by atoms with E-state index in [9.17, 15) is 4.55 Å². The van der Waals surface area contributed by atoms with Crippen LogP contribution in [0.2, 0.25) is 0 Å². The maximum absolute atomic E-state index is 12.0. The zero-order valence-electron chi connectivity index (χ0n) is 10.6. The second-order valence-corrected chi connectivity index (χ2v) is 7.19. The number of aryl methyl sites for hydroxylation is 1. The lowest BCUT2D eigenvalue weighted by Gasteiger charge is -2.21. The van der Waals surface area contributed by atoms with E-state index < -0.39 is 11.4 Å². The summed E-state index contributed by atoms with van der Waals surface area (Å²) in [6.45, 7) is 5.83. The lowest BCUT2D eigenvalue weighted by atomic mass is 9.92. The molecule has 0 amide bonds. The maximum atomic E-state index is 12.0. The molecule has 2 rings (SSSR count). The summed E-state index contributed by atoms with van der Waals surface area (Å²) >= 11 is -1.18. The van der Waals surface area contributed by atoms with Crippen molar-refractivity contribution >= 4 is 17.1 Å². The van der Waals surface area contributed by atoms with Crippen molar-refractivity contribution in [3.63, 3.8) is 0 Å². The molecule has 0 spiro atoms. The van der Waals surface area contributed by atoms with Gasteiger partial charge in [0.15, 0.2) is 0 Å². The van der Waals surface area contributed by atoms with Crippen molar-refractivity contribution in [3.8, 4) is 0 Å². The fourth-order valence-electron chi connectivity index (χ4n) is 1.81. The highest BCUT2D eigenvalue weighted by atomic mass is 32.2. The van der Waals surface area contributed by atoms with Crippen LogP contribution in [0, 0.1) is 0 Å². The van der Waals surface area contributed by atoms with Crippen molar-refractivity contribution in [3.05, 3.63) is 29.6 Å². The van der Waals surface area contributed by atoms with E-state index in [1.807, 2.05) is 39.2 Å². The van der Waals surface area contributed by atoms with Gasteiger partial charge >= 0.3 is 0 Å². The predicted octanol–water partition coefficient (Wildman–Crippen LogP) is 2.67. The van der Waals surface area contributed by atoms with E-state index in [1.54, 1.807) is 0 Å². The van der Waals surface area contributed by atoms with Crippen molar-refractivity contribution in [1.82, 2.24) is 4.98 Å². The molecule has 17 heavy (non-hydrogen) atoms. The van der Waals surface area contributed by atoms with Gasteiger partial charge in [-0.1, -0.05) is 4.40 Å². The van der Waals surface area contributed by atoms with Crippen LogP contribution in [-0.4, -0.2) is 20.0 Å². The highest BCUT2D eigenvalue weighted by Crippen LogP contribution is 2.24. The second-order valence-electron chi connectivity index (χ2n) is 5.29. The number of aromatic nitrogens is 1. The van der Waals surface area contributed by atoms with E-state index in [2.05, 4.69) is 9.38 Å². The minimum atomic E-state index is -1.18. The van der Waals surface area contributed by atoms with E-state index in [0.29, 0.717) is 0 Å². The van der Waals surface area contributed by atoms with Gasteiger partial charge in [-0.05, 0) is 51.7 Å². The second kappa shape index (κ2) is 4.78. The molecule has 1 aromatic rings. The maximum Gasteiger partial charge on any atom is 0.144 e. The van der Waals surface area contributed by atoms with Gasteiger partial charge in [-0.2, -0.15) is 0 Å². The molecule has 1 atom stereocenters. The van der Waals surface area contributed by atoms with Gasteiger partial charge in [0.05, 0.1) is 0 Å². The van der Waals surface area contributed by atoms with Crippen LogP contribution in [0.15, 0.2) is 22.9 Å². The molecule has 0 aliphatic heterocycles. The Morgan fingerprint density at radius 1 is 1.35 bits per heavy atom. The Hall–Kier alpha value is -0.870. The van der Waals surface area contributed by atoms with Gasteiger partial charge in [0, 0.05) is 18.0 Å². The monoisotopic (exact) mass is 250 g/mol. The molecule has 0 N–H and O–H groups in total. The van der Waals surface area contributed by atoms with Gasteiger partial charge in [-0.25, -0.2) is 0 Å². The predicted molar refractivity (Wildman–Crippen MR) is 71.6 cm³/mol. The SMILES string of the molecule is CC(C)(C)[S@@+]([O-])/N=C1\CCCc2ccncc21. The van der Waals surface area contributed by atoms with Crippen LogP contribution in [0.4, 0.5) is 0 Å². The van der Waals surface area contributed by atoms with Gasteiger partial charge in [-0.3, -0.25) is 4.98 Å². The first kappa shape index (κ1) is 12.6. The van der Waals surface area contributed by atoms with E-state index in [-0.39, 0.29) is 4.75 Å². The highest BCUT2D eigenvalue weighted by Gasteiger charge is 2.28. The lowest BCUT2D eigenvalue weighted by molar-refractivity contribution is 0.561. The number of fused-ring (bicyclic) bond motifs is 1. The molecule has 0 aromatic carbocycles. The van der Waals surface area contributed by atoms with Gasteiger partial charge in [-0.15, -0.1) is 0 Å². The fourth-order valence-corrected chi connectivity index (χ4v) is 2.48. The molecule has 3 nitrogen and oxygen atoms in total. The molecule has 92 valence electrons.